The molecule has 2 aromatic carbocycles. The third-order valence-electron chi connectivity index (χ3n) is 10.00. The van der Waals surface area contributed by atoms with Crippen LogP contribution in [-0.4, -0.2) is 71.3 Å². The van der Waals surface area contributed by atoms with E-state index in [2.05, 4.69) is 25.2 Å². The van der Waals surface area contributed by atoms with Crippen LogP contribution in [0.3, 0.4) is 0 Å². The van der Waals surface area contributed by atoms with Crippen LogP contribution in [-0.2, 0) is 6.18 Å². The van der Waals surface area contributed by atoms with E-state index in [1.165, 1.54) is 0 Å². The number of aromatic nitrogens is 3. The topological polar surface area (TPSA) is 92.4 Å². The summed E-state index contributed by atoms with van der Waals surface area (Å²) in [7, 11) is 0. The van der Waals surface area contributed by atoms with Gasteiger partial charge in [0.2, 0.25) is 0 Å². The molecular formula is C30H30F5N7OS. The smallest absolute Gasteiger partial charge is 0.417 e. The van der Waals surface area contributed by atoms with Gasteiger partial charge in [0, 0.05) is 48.1 Å². The van der Waals surface area contributed by atoms with Crippen molar-refractivity contribution in [3.63, 3.8) is 0 Å². The summed E-state index contributed by atoms with van der Waals surface area (Å²) >= 11 is 0.792. The third kappa shape index (κ3) is 4.31. The Kier molecular flexibility index (Phi) is 6.28. The number of halogens is 5. The number of hydrogen-bond acceptors (Lipinski definition) is 9. The monoisotopic (exact) mass is 631 g/mol. The van der Waals surface area contributed by atoms with Crippen LogP contribution in [0.5, 0.6) is 6.01 Å². The molecule has 4 aliphatic heterocycles. The predicted octanol–water partition coefficient (Wildman–Crippen LogP) is 5.59. The van der Waals surface area contributed by atoms with Gasteiger partial charge < -0.3 is 20.7 Å². The van der Waals surface area contributed by atoms with Crippen molar-refractivity contribution in [3.8, 4) is 17.1 Å². The summed E-state index contributed by atoms with van der Waals surface area (Å²) in [6, 6.07) is 2.96. The second-order valence-electron chi connectivity index (χ2n) is 12.6. The number of fused-ring (bicyclic) bond motifs is 3. The first-order valence-electron chi connectivity index (χ1n) is 14.9. The van der Waals surface area contributed by atoms with E-state index in [9.17, 15) is 17.6 Å². The highest BCUT2D eigenvalue weighted by Gasteiger charge is 2.46. The van der Waals surface area contributed by atoms with Crippen LogP contribution >= 0.6 is 11.3 Å². The quantitative estimate of drug-likeness (QED) is 0.276. The van der Waals surface area contributed by atoms with E-state index >= 15 is 4.39 Å². The molecule has 0 atom stereocenters. The molecule has 14 heteroatoms. The van der Waals surface area contributed by atoms with Gasteiger partial charge in [0.15, 0.2) is 10.9 Å². The zero-order valence-corrected chi connectivity index (χ0v) is 24.6. The van der Waals surface area contributed by atoms with E-state index in [-0.39, 0.29) is 54.6 Å². The van der Waals surface area contributed by atoms with Gasteiger partial charge in [-0.3, -0.25) is 4.90 Å². The molecule has 4 saturated heterocycles. The van der Waals surface area contributed by atoms with Crippen LogP contribution in [0.4, 0.5) is 32.9 Å². The van der Waals surface area contributed by atoms with E-state index in [0.717, 1.165) is 87.8 Å². The molecule has 3 N–H and O–H groups in total. The molecule has 0 amide bonds. The second-order valence-corrected chi connectivity index (χ2v) is 13.7. The number of hydrogen-bond donors (Lipinski definition) is 2. The normalized spacial score (nSPS) is 21.1. The minimum atomic E-state index is -4.95. The van der Waals surface area contributed by atoms with Crippen molar-refractivity contribution in [1.29, 1.82) is 0 Å². The molecule has 4 aliphatic rings. The highest BCUT2D eigenvalue weighted by molar-refractivity contribution is 7.22. The number of nitrogen functional groups attached to an aromatic ring is 1. The average molecular weight is 632 g/mol. The zero-order valence-electron chi connectivity index (χ0n) is 23.7. The molecule has 0 unspecified atom stereocenters. The maximum Gasteiger partial charge on any atom is 0.417 e. The highest BCUT2D eigenvalue weighted by atomic mass is 32.1. The zero-order chi connectivity index (χ0) is 30.4. The fraction of sp³-hybridized carbons (Fsp3) is 0.500. The lowest BCUT2D eigenvalue weighted by atomic mass is 9.81. The van der Waals surface area contributed by atoms with Crippen molar-refractivity contribution in [2.24, 2.45) is 5.41 Å². The van der Waals surface area contributed by atoms with E-state index in [1.54, 1.807) is 0 Å². The minimum Gasteiger partial charge on any atom is -0.461 e. The Labute approximate surface area is 253 Å². The standard InChI is InChI=1S/C30H30F5N7OS/c31-19-4-3-16(23-24(19)44-26(36)38-23)20-18(30(33,34)35)11-17-22(21(20)32)39-27(43-15-29-5-1-8-42(29)9-2-6-29)40-25(17)41-10-7-28(14-41)12-37-13-28/h3-4,11,37H,1-2,5-10,12-15H2,(H2,36,38). The fourth-order valence-electron chi connectivity index (χ4n) is 7.72. The van der Waals surface area contributed by atoms with Crippen molar-refractivity contribution >= 4 is 43.4 Å². The Morgan fingerprint density at radius 3 is 2.45 bits per heavy atom. The fourth-order valence-corrected chi connectivity index (χ4v) is 8.48. The third-order valence-corrected chi connectivity index (χ3v) is 10.9. The van der Waals surface area contributed by atoms with Crippen LogP contribution < -0.4 is 20.7 Å². The van der Waals surface area contributed by atoms with Gasteiger partial charge in [0.05, 0.1) is 21.3 Å². The number of nitrogens with two attached hydrogens (primary N) is 1. The lowest BCUT2D eigenvalue weighted by Crippen LogP contribution is -2.54. The van der Waals surface area contributed by atoms with E-state index in [1.807, 2.05) is 4.90 Å². The van der Waals surface area contributed by atoms with E-state index in [4.69, 9.17) is 10.5 Å². The Hall–Kier alpha value is -3.36. The number of benzene rings is 2. The summed E-state index contributed by atoms with van der Waals surface area (Å²) in [6.07, 6.45) is -0.0487. The SMILES string of the molecule is Nc1nc2c(-c3c(C(F)(F)F)cc4c(N5CCC6(CNC6)C5)nc(OCC56CCCN5CCC6)nc4c3F)ccc(F)c2s1. The Balaban J connectivity index is 1.32. The van der Waals surface area contributed by atoms with Crippen LogP contribution in [0.15, 0.2) is 18.2 Å². The molecule has 1 spiro atoms. The van der Waals surface area contributed by atoms with Crippen molar-refractivity contribution in [1.82, 2.24) is 25.2 Å². The number of rotatable bonds is 5. The number of nitrogens with zero attached hydrogens (tertiary/aromatic N) is 5. The Morgan fingerprint density at radius 1 is 1.00 bits per heavy atom. The molecule has 6 heterocycles. The molecule has 8 rings (SSSR count). The summed E-state index contributed by atoms with van der Waals surface area (Å²) in [4.78, 5) is 17.5. The maximum absolute atomic E-state index is 16.8. The van der Waals surface area contributed by atoms with Gasteiger partial charge in [-0.05, 0) is 63.4 Å². The van der Waals surface area contributed by atoms with Gasteiger partial charge in [-0.2, -0.15) is 23.1 Å². The molecule has 0 saturated carbocycles. The van der Waals surface area contributed by atoms with E-state index < -0.39 is 28.9 Å². The first-order valence-corrected chi connectivity index (χ1v) is 15.7. The molecule has 232 valence electrons. The van der Waals surface area contributed by atoms with Crippen LogP contribution in [0.2, 0.25) is 0 Å². The van der Waals surface area contributed by atoms with Crippen LogP contribution in [0, 0.1) is 17.0 Å². The average Bonchev–Trinajstić information content (AvgIpc) is 3.74. The summed E-state index contributed by atoms with van der Waals surface area (Å²) in [5.74, 6) is -1.67. The molecule has 2 aromatic heterocycles. The van der Waals surface area contributed by atoms with Crippen molar-refractivity contribution in [2.45, 2.75) is 43.8 Å². The highest BCUT2D eigenvalue weighted by Crippen LogP contribution is 2.47. The molecule has 4 fully saturated rings. The first-order chi connectivity index (χ1) is 21.1. The first kappa shape index (κ1) is 28.1. The molecule has 44 heavy (non-hydrogen) atoms. The summed E-state index contributed by atoms with van der Waals surface area (Å²) < 4.78 is 81.8. The lowest BCUT2D eigenvalue weighted by Gasteiger charge is -2.39. The van der Waals surface area contributed by atoms with Gasteiger partial charge in [-0.1, -0.05) is 11.3 Å². The van der Waals surface area contributed by atoms with Gasteiger partial charge in [0.25, 0.3) is 0 Å². The second kappa shape index (κ2) is 9.82. The number of ether oxygens (including phenoxy) is 1. The summed E-state index contributed by atoms with van der Waals surface area (Å²) in [6.45, 7) is 5.04. The van der Waals surface area contributed by atoms with Crippen LogP contribution in [0.1, 0.15) is 37.7 Å². The summed E-state index contributed by atoms with van der Waals surface area (Å²) in [5, 5.41) is 3.19. The molecule has 4 aromatic rings. The van der Waals surface area contributed by atoms with Gasteiger partial charge in [0.1, 0.15) is 23.8 Å². The molecule has 0 bridgehead atoms. The number of alkyl halides is 3. The Bertz CT molecular complexity index is 1800. The van der Waals surface area contributed by atoms with Crippen molar-refractivity contribution in [2.75, 3.05) is 56.5 Å². The van der Waals surface area contributed by atoms with Crippen LogP contribution in [0.25, 0.3) is 32.2 Å². The summed E-state index contributed by atoms with van der Waals surface area (Å²) in [5.41, 5.74) is 3.06. The Morgan fingerprint density at radius 2 is 1.77 bits per heavy atom. The minimum absolute atomic E-state index is 0.00105. The van der Waals surface area contributed by atoms with Gasteiger partial charge in [-0.25, -0.2) is 13.8 Å². The molecule has 0 aliphatic carbocycles. The predicted molar refractivity (Wildman–Crippen MR) is 158 cm³/mol. The molecule has 8 nitrogen and oxygen atoms in total. The van der Waals surface area contributed by atoms with Crippen molar-refractivity contribution < 1.29 is 26.7 Å². The number of anilines is 2. The number of thiazole rings is 1. The van der Waals surface area contributed by atoms with Crippen molar-refractivity contribution in [3.05, 3.63) is 35.4 Å². The molecule has 0 radical (unpaired) electrons. The van der Waals surface area contributed by atoms with E-state index in [0.29, 0.717) is 19.7 Å². The van der Waals surface area contributed by atoms with Gasteiger partial charge >= 0.3 is 12.2 Å². The largest absolute Gasteiger partial charge is 0.461 e. The number of nitrogens with one attached hydrogen (secondary N) is 1. The molecular weight excluding hydrogens is 601 g/mol. The lowest BCUT2D eigenvalue weighted by molar-refractivity contribution is -0.137. The maximum atomic E-state index is 16.8. The van der Waals surface area contributed by atoms with Gasteiger partial charge in [-0.15, -0.1) is 0 Å².